The van der Waals surface area contributed by atoms with E-state index in [0.29, 0.717) is 11.4 Å². The fraction of sp³-hybridized carbons (Fsp3) is 0.316. The molecule has 2 heterocycles. The highest BCUT2D eigenvalue weighted by Gasteiger charge is 2.54. The molecule has 2 saturated heterocycles. The number of hydrogen-bond acceptors (Lipinski definition) is 4. The van der Waals surface area contributed by atoms with Gasteiger partial charge in [0.1, 0.15) is 5.75 Å². The minimum absolute atomic E-state index is 0.0157. The average Bonchev–Trinajstić information content (AvgIpc) is 3.04. The van der Waals surface area contributed by atoms with Crippen LogP contribution in [-0.2, 0) is 9.84 Å². The van der Waals surface area contributed by atoms with Gasteiger partial charge in [-0.2, -0.15) is 0 Å². The van der Waals surface area contributed by atoms with Crippen molar-refractivity contribution in [3.8, 4) is 5.75 Å². The van der Waals surface area contributed by atoms with Gasteiger partial charge >= 0.3 is 6.03 Å². The quantitative estimate of drug-likeness (QED) is 0.777. The largest absolute Gasteiger partial charge is 0.497 e. The summed E-state index contributed by atoms with van der Waals surface area (Å²) >= 11 is 0. The number of aryl methyl sites for hydroxylation is 1. The molecule has 0 saturated carbocycles. The Morgan fingerprint density at radius 3 is 2.38 bits per heavy atom. The summed E-state index contributed by atoms with van der Waals surface area (Å²) in [5.74, 6) is 0.586. The molecule has 2 aromatic rings. The number of methoxy groups -OCH3 is 1. The van der Waals surface area contributed by atoms with Crippen molar-refractivity contribution >= 4 is 27.2 Å². The number of hydrogen-bond donors (Lipinski definition) is 0. The lowest BCUT2D eigenvalue weighted by molar-refractivity contribution is 0.255. The first-order valence-corrected chi connectivity index (χ1v) is 10.3. The second-order valence-corrected chi connectivity index (χ2v) is 8.88. The van der Waals surface area contributed by atoms with Gasteiger partial charge in [-0.25, -0.2) is 13.2 Å². The molecule has 0 radical (unpaired) electrons. The number of rotatable bonds is 3. The summed E-state index contributed by atoms with van der Waals surface area (Å²) in [5, 5.41) is 0. The van der Waals surface area contributed by atoms with Crippen molar-refractivity contribution in [2.75, 3.05) is 28.4 Å². The monoisotopic (exact) mass is 372 g/mol. The second kappa shape index (κ2) is 6.02. The maximum atomic E-state index is 13.3. The number of carbonyl (C=O) groups excluding carboxylic acids is 1. The molecule has 2 aliphatic rings. The number of fused-ring (bicyclic) bond motifs is 1. The lowest BCUT2D eigenvalue weighted by Gasteiger charge is -2.24. The van der Waals surface area contributed by atoms with E-state index < -0.39 is 15.9 Å². The van der Waals surface area contributed by atoms with Gasteiger partial charge in [0, 0.05) is 17.4 Å². The zero-order valence-electron chi connectivity index (χ0n) is 14.6. The Morgan fingerprint density at radius 2 is 1.69 bits per heavy atom. The third-order valence-corrected chi connectivity index (χ3v) is 6.77. The number of urea groups is 1. The summed E-state index contributed by atoms with van der Waals surface area (Å²) in [5.41, 5.74) is 2.35. The van der Waals surface area contributed by atoms with Gasteiger partial charge in [0.05, 0.1) is 30.7 Å². The van der Waals surface area contributed by atoms with Crippen LogP contribution in [0, 0.1) is 6.92 Å². The Bertz CT molecular complexity index is 973. The SMILES string of the molecule is COc1cccc(N2C(=O)N(c3ccccc3C)[C@@H]3CS(=O)(=O)C[C@@H]32)c1. The molecule has 0 N–H and O–H groups in total. The molecule has 136 valence electrons. The summed E-state index contributed by atoms with van der Waals surface area (Å²) in [6, 6.07) is 13.7. The van der Waals surface area contributed by atoms with Crippen molar-refractivity contribution in [1.29, 1.82) is 0 Å². The molecule has 0 unspecified atom stereocenters. The van der Waals surface area contributed by atoms with Crippen molar-refractivity contribution in [2.45, 2.75) is 19.0 Å². The van der Waals surface area contributed by atoms with Gasteiger partial charge < -0.3 is 4.74 Å². The van der Waals surface area contributed by atoms with Crippen LogP contribution in [0.15, 0.2) is 48.5 Å². The third-order valence-electron chi connectivity index (χ3n) is 5.08. The number of sulfone groups is 1. The van der Waals surface area contributed by atoms with Crippen LogP contribution in [0.2, 0.25) is 0 Å². The maximum absolute atomic E-state index is 13.3. The Morgan fingerprint density at radius 1 is 1.00 bits per heavy atom. The first-order chi connectivity index (χ1) is 12.4. The average molecular weight is 372 g/mol. The van der Waals surface area contributed by atoms with E-state index in [9.17, 15) is 13.2 Å². The molecule has 2 aromatic carbocycles. The van der Waals surface area contributed by atoms with Gasteiger partial charge in [-0.05, 0) is 30.7 Å². The van der Waals surface area contributed by atoms with Crippen molar-refractivity contribution in [3.05, 3.63) is 54.1 Å². The molecule has 2 amide bonds. The molecule has 26 heavy (non-hydrogen) atoms. The standard InChI is InChI=1S/C19H20N2O4S/c1-13-6-3-4-9-16(13)21-18-12-26(23,24)11-17(18)20(19(21)22)14-7-5-8-15(10-14)25-2/h3-10,17-18H,11-12H2,1-2H3/t17-,18+/m0/s1. The molecule has 7 heteroatoms. The van der Waals surface area contributed by atoms with E-state index in [2.05, 4.69) is 0 Å². The van der Waals surface area contributed by atoms with Gasteiger partial charge in [-0.1, -0.05) is 24.3 Å². The van der Waals surface area contributed by atoms with E-state index in [1.807, 2.05) is 37.3 Å². The summed E-state index contributed by atoms with van der Waals surface area (Å²) in [6.45, 7) is 1.93. The minimum Gasteiger partial charge on any atom is -0.497 e. The molecule has 6 nitrogen and oxygen atoms in total. The highest BCUT2D eigenvalue weighted by molar-refractivity contribution is 7.91. The minimum atomic E-state index is -3.21. The summed E-state index contributed by atoms with van der Waals surface area (Å²) in [6.07, 6.45) is 0. The third kappa shape index (κ3) is 2.63. The number of ether oxygens (including phenoxy) is 1. The molecular weight excluding hydrogens is 352 g/mol. The Labute approximate surface area is 152 Å². The van der Waals surface area contributed by atoms with Crippen LogP contribution in [0.3, 0.4) is 0 Å². The van der Waals surface area contributed by atoms with Crippen molar-refractivity contribution in [3.63, 3.8) is 0 Å². The predicted octanol–water partition coefficient (Wildman–Crippen LogP) is 2.62. The molecule has 2 fully saturated rings. The Balaban J connectivity index is 1.83. The first kappa shape index (κ1) is 16.9. The van der Waals surface area contributed by atoms with Crippen molar-refractivity contribution in [1.82, 2.24) is 0 Å². The number of para-hydroxylation sites is 1. The summed E-state index contributed by atoms with van der Waals surface area (Å²) in [4.78, 5) is 16.5. The zero-order valence-corrected chi connectivity index (χ0v) is 15.4. The van der Waals surface area contributed by atoms with Crippen LogP contribution in [0.5, 0.6) is 5.75 Å². The topological polar surface area (TPSA) is 66.9 Å². The highest BCUT2D eigenvalue weighted by atomic mass is 32.2. The van der Waals surface area contributed by atoms with E-state index in [4.69, 9.17) is 4.74 Å². The predicted molar refractivity (Wildman–Crippen MR) is 101 cm³/mol. The Hall–Kier alpha value is -2.54. The first-order valence-electron chi connectivity index (χ1n) is 8.44. The van der Waals surface area contributed by atoms with Gasteiger partial charge in [-0.15, -0.1) is 0 Å². The maximum Gasteiger partial charge on any atom is 0.329 e. The molecule has 0 aromatic heterocycles. The number of anilines is 2. The summed E-state index contributed by atoms with van der Waals surface area (Å²) in [7, 11) is -1.64. The highest BCUT2D eigenvalue weighted by Crippen LogP contribution is 2.39. The van der Waals surface area contributed by atoms with Gasteiger partial charge in [0.15, 0.2) is 9.84 Å². The number of nitrogens with zero attached hydrogens (tertiary/aromatic N) is 2. The fourth-order valence-corrected chi connectivity index (χ4v) is 5.80. The van der Waals surface area contributed by atoms with Crippen molar-refractivity contribution in [2.24, 2.45) is 0 Å². The molecule has 2 atom stereocenters. The lowest BCUT2D eigenvalue weighted by atomic mass is 10.1. The van der Waals surface area contributed by atoms with Crippen LogP contribution in [-0.4, -0.2) is 45.1 Å². The van der Waals surface area contributed by atoms with Crippen molar-refractivity contribution < 1.29 is 17.9 Å². The zero-order chi connectivity index (χ0) is 18.5. The normalized spacial score (nSPS) is 24.0. The number of amides is 2. The van der Waals surface area contributed by atoms with Crippen LogP contribution >= 0.6 is 0 Å². The second-order valence-electron chi connectivity index (χ2n) is 6.72. The van der Waals surface area contributed by atoms with E-state index in [0.717, 1.165) is 11.3 Å². The molecule has 0 aliphatic carbocycles. The van der Waals surface area contributed by atoms with Crippen LogP contribution in [0.4, 0.5) is 16.2 Å². The molecule has 0 spiro atoms. The van der Waals surface area contributed by atoms with Gasteiger partial charge in [0.2, 0.25) is 0 Å². The molecular formula is C19H20N2O4S. The van der Waals surface area contributed by atoms with E-state index in [1.54, 1.807) is 35.1 Å². The van der Waals surface area contributed by atoms with Gasteiger partial charge in [0.25, 0.3) is 0 Å². The van der Waals surface area contributed by atoms with Crippen LogP contribution in [0.25, 0.3) is 0 Å². The molecule has 2 aliphatic heterocycles. The molecule has 0 bridgehead atoms. The van der Waals surface area contributed by atoms with Crippen LogP contribution in [0.1, 0.15) is 5.56 Å². The van der Waals surface area contributed by atoms with E-state index in [-0.39, 0.29) is 23.6 Å². The molecule has 4 rings (SSSR count). The van der Waals surface area contributed by atoms with Gasteiger partial charge in [-0.3, -0.25) is 9.80 Å². The fourth-order valence-electron chi connectivity index (χ4n) is 3.88. The Kier molecular flexibility index (Phi) is 3.91. The smallest absolute Gasteiger partial charge is 0.329 e. The van der Waals surface area contributed by atoms with E-state index >= 15 is 0 Å². The lowest BCUT2D eigenvalue weighted by Crippen LogP contribution is -2.38. The summed E-state index contributed by atoms with van der Waals surface area (Å²) < 4.78 is 29.9. The van der Waals surface area contributed by atoms with Crippen LogP contribution < -0.4 is 14.5 Å². The number of benzene rings is 2. The number of carbonyl (C=O) groups is 1. The van der Waals surface area contributed by atoms with E-state index in [1.165, 1.54) is 0 Å².